The molecule has 88 valence electrons. The molecule has 0 aromatic carbocycles. The van der Waals surface area contributed by atoms with E-state index in [0.29, 0.717) is 11.7 Å². The second-order valence-electron chi connectivity index (χ2n) is 3.81. The lowest BCUT2D eigenvalue weighted by Gasteiger charge is -1.95. The van der Waals surface area contributed by atoms with Gasteiger partial charge in [-0.05, 0) is 31.6 Å². The molecule has 0 aliphatic heterocycles. The summed E-state index contributed by atoms with van der Waals surface area (Å²) in [6, 6.07) is 3.88. The summed E-state index contributed by atoms with van der Waals surface area (Å²) in [5.74, 6) is 1.14. The standard InChI is InChI=1S/C13H15N3O/c1-3-4-5-6-12-8-7-11(9-14-12)13-15-10(2)16-17-13/h5-9H,3-4H2,1-2H3/b6-5+. The van der Waals surface area contributed by atoms with E-state index in [9.17, 15) is 0 Å². The summed E-state index contributed by atoms with van der Waals surface area (Å²) in [5.41, 5.74) is 1.79. The maximum atomic E-state index is 5.07. The molecule has 0 fully saturated rings. The Hall–Kier alpha value is -1.97. The second kappa shape index (κ2) is 5.39. The fourth-order valence-electron chi connectivity index (χ4n) is 1.42. The monoisotopic (exact) mass is 229 g/mol. The summed E-state index contributed by atoms with van der Waals surface area (Å²) in [7, 11) is 0. The van der Waals surface area contributed by atoms with E-state index in [1.54, 1.807) is 13.1 Å². The van der Waals surface area contributed by atoms with Gasteiger partial charge in [-0.3, -0.25) is 4.98 Å². The van der Waals surface area contributed by atoms with E-state index >= 15 is 0 Å². The minimum absolute atomic E-state index is 0.513. The number of pyridine rings is 1. The van der Waals surface area contributed by atoms with Crippen molar-refractivity contribution in [1.29, 1.82) is 0 Å². The van der Waals surface area contributed by atoms with E-state index in [2.05, 4.69) is 28.1 Å². The molecule has 2 aromatic rings. The van der Waals surface area contributed by atoms with Gasteiger partial charge >= 0.3 is 0 Å². The van der Waals surface area contributed by atoms with Gasteiger partial charge < -0.3 is 4.52 Å². The third-order valence-electron chi connectivity index (χ3n) is 2.30. The maximum absolute atomic E-state index is 5.07. The predicted molar refractivity (Wildman–Crippen MR) is 66.2 cm³/mol. The lowest BCUT2D eigenvalue weighted by Crippen LogP contribution is -1.83. The van der Waals surface area contributed by atoms with Crippen molar-refractivity contribution in [2.45, 2.75) is 26.7 Å². The molecule has 0 amide bonds. The first-order valence-electron chi connectivity index (χ1n) is 5.73. The molecule has 0 bridgehead atoms. The fraction of sp³-hybridized carbons (Fsp3) is 0.308. The Kier molecular flexibility index (Phi) is 3.65. The van der Waals surface area contributed by atoms with E-state index in [4.69, 9.17) is 4.52 Å². The van der Waals surface area contributed by atoms with Gasteiger partial charge in [-0.25, -0.2) is 0 Å². The molecular weight excluding hydrogens is 214 g/mol. The van der Waals surface area contributed by atoms with Crippen LogP contribution in [-0.4, -0.2) is 15.1 Å². The third-order valence-corrected chi connectivity index (χ3v) is 2.30. The quantitative estimate of drug-likeness (QED) is 0.807. The van der Waals surface area contributed by atoms with Gasteiger partial charge in [0.05, 0.1) is 11.3 Å². The van der Waals surface area contributed by atoms with Crippen LogP contribution in [0.15, 0.2) is 28.9 Å². The molecule has 0 aliphatic rings. The van der Waals surface area contributed by atoms with Crippen molar-refractivity contribution in [3.05, 3.63) is 35.9 Å². The zero-order valence-electron chi connectivity index (χ0n) is 10.1. The van der Waals surface area contributed by atoms with Gasteiger partial charge in [0, 0.05) is 6.20 Å². The zero-order valence-corrected chi connectivity index (χ0v) is 10.1. The molecule has 0 N–H and O–H groups in total. The molecule has 2 rings (SSSR count). The largest absolute Gasteiger partial charge is 0.334 e. The SMILES string of the molecule is CCC/C=C/c1ccc(-c2nc(C)no2)cn1. The molecule has 0 aliphatic carbocycles. The Bertz CT molecular complexity index is 500. The second-order valence-corrected chi connectivity index (χ2v) is 3.81. The molecule has 0 saturated heterocycles. The van der Waals surface area contributed by atoms with Crippen LogP contribution in [0.2, 0.25) is 0 Å². The molecule has 4 heteroatoms. The van der Waals surface area contributed by atoms with Gasteiger partial charge in [0.2, 0.25) is 0 Å². The minimum atomic E-state index is 0.513. The highest BCUT2D eigenvalue weighted by Gasteiger charge is 2.05. The van der Waals surface area contributed by atoms with Gasteiger partial charge in [-0.15, -0.1) is 0 Å². The number of rotatable bonds is 4. The summed E-state index contributed by atoms with van der Waals surface area (Å²) in [5, 5.41) is 3.75. The average molecular weight is 229 g/mol. The molecule has 17 heavy (non-hydrogen) atoms. The van der Waals surface area contributed by atoms with Crippen molar-refractivity contribution in [2.24, 2.45) is 0 Å². The highest BCUT2D eigenvalue weighted by molar-refractivity contribution is 5.54. The molecule has 0 spiro atoms. The number of hydrogen-bond acceptors (Lipinski definition) is 4. The summed E-state index contributed by atoms with van der Waals surface area (Å²) in [4.78, 5) is 8.47. The van der Waals surface area contributed by atoms with Gasteiger partial charge in [0.1, 0.15) is 0 Å². The van der Waals surface area contributed by atoms with Crippen LogP contribution in [0.5, 0.6) is 0 Å². The topological polar surface area (TPSA) is 51.8 Å². The van der Waals surface area contributed by atoms with E-state index in [0.717, 1.165) is 24.1 Å². The van der Waals surface area contributed by atoms with E-state index < -0.39 is 0 Å². The zero-order chi connectivity index (χ0) is 12.1. The van der Waals surface area contributed by atoms with Crippen molar-refractivity contribution >= 4 is 6.08 Å². The van der Waals surface area contributed by atoms with Crippen LogP contribution in [0.4, 0.5) is 0 Å². The molecule has 0 saturated carbocycles. The van der Waals surface area contributed by atoms with Crippen molar-refractivity contribution in [2.75, 3.05) is 0 Å². The molecule has 2 aromatic heterocycles. The van der Waals surface area contributed by atoms with Crippen LogP contribution in [0, 0.1) is 6.92 Å². The number of unbranched alkanes of at least 4 members (excludes halogenated alkanes) is 1. The van der Waals surface area contributed by atoms with Crippen LogP contribution >= 0.6 is 0 Å². The molecule has 0 atom stereocenters. The number of aryl methyl sites for hydroxylation is 1. The lowest BCUT2D eigenvalue weighted by atomic mass is 10.2. The highest BCUT2D eigenvalue weighted by atomic mass is 16.5. The van der Waals surface area contributed by atoms with E-state index in [1.165, 1.54) is 0 Å². The predicted octanol–water partition coefficient (Wildman–Crippen LogP) is 3.25. The Morgan fingerprint density at radius 3 is 2.82 bits per heavy atom. The number of allylic oxidation sites excluding steroid dienone is 1. The summed E-state index contributed by atoms with van der Waals surface area (Å²) >= 11 is 0. The van der Waals surface area contributed by atoms with Gasteiger partial charge in [-0.2, -0.15) is 4.98 Å². The lowest BCUT2D eigenvalue weighted by molar-refractivity contribution is 0.425. The van der Waals surface area contributed by atoms with E-state index in [-0.39, 0.29) is 0 Å². The van der Waals surface area contributed by atoms with Crippen LogP contribution in [0.1, 0.15) is 31.3 Å². The van der Waals surface area contributed by atoms with E-state index in [1.807, 2.05) is 18.2 Å². The van der Waals surface area contributed by atoms with Crippen molar-refractivity contribution in [3.63, 3.8) is 0 Å². The molecule has 0 unspecified atom stereocenters. The van der Waals surface area contributed by atoms with Crippen LogP contribution in [0.25, 0.3) is 17.5 Å². The summed E-state index contributed by atoms with van der Waals surface area (Å²) in [6.07, 6.45) is 8.12. The Labute approximate surface area is 100 Å². The highest BCUT2D eigenvalue weighted by Crippen LogP contribution is 2.16. The molecular formula is C13H15N3O. The van der Waals surface area contributed by atoms with Crippen LogP contribution < -0.4 is 0 Å². The minimum Gasteiger partial charge on any atom is -0.334 e. The van der Waals surface area contributed by atoms with Crippen LogP contribution in [0.3, 0.4) is 0 Å². The van der Waals surface area contributed by atoms with Crippen LogP contribution in [-0.2, 0) is 0 Å². The summed E-state index contributed by atoms with van der Waals surface area (Å²) in [6.45, 7) is 3.95. The van der Waals surface area contributed by atoms with Crippen molar-refractivity contribution in [1.82, 2.24) is 15.1 Å². The molecule has 0 radical (unpaired) electrons. The maximum Gasteiger partial charge on any atom is 0.259 e. The Morgan fingerprint density at radius 1 is 1.35 bits per heavy atom. The van der Waals surface area contributed by atoms with Crippen molar-refractivity contribution in [3.8, 4) is 11.5 Å². The Balaban J connectivity index is 2.13. The first-order chi connectivity index (χ1) is 8.29. The van der Waals surface area contributed by atoms with Gasteiger partial charge in [-0.1, -0.05) is 24.6 Å². The smallest absolute Gasteiger partial charge is 0.259 e. The number of aromatic nitrogens is 3. The first kappa shape index (κ1) is 11.5. The van der Waals surface area contributed by atoms with Gasteiger partial charge in [0.15, 0.2) is 5.82 Å². The fourth-order valence-corrected chi connectivity index (χ4v) is 1.42. The van der Waals surface area contributed by atoms with Gasteiger partial charge in [0.25, 0.3) is 5.89 Å². The Morgan fingerprint density at radius 2 is 2.24 bits per heavy atom. The number of hydrogen-bond donors (Lipinski definition) is 0. The first-order valence-corrected chi connectivity index (χ1v) is 5.73. The average Bonchev–Trinajstić information content (AvgIpc) is 2.77. The molecule has 2 heterocycles. The summed E-state index contributed by atoms with van der Waals surface area (Å²) < 4.78 is 5.07. The molecule has 4 nitrogen and oxygen atoms in total. The normalized spacial score (nSPS) is 11.2. The number of nitrogens with zero attached hydrogens (tertiary/aromatic N) is 3. The third kappa shape index (κ3) is 3.00. The van der Waals surface area contributed by atoms with Crippen molar-refractivity contribution < 1.29 is 4.52 Å².